The van der Waals surface area contributed by atoms with Gasteiger partial charge >= 0.3 is 0 Å². The first-order chi connectivity index (χ1) is 20.8. The zero-order valence-electron chi connectivity index (χ0n) is 24.7. The molecule has 0 unspecified atom stereocenters. The fourth-order valence-corrected chi connectivity index (χ4v) is 6.32. The lowest BCUT2D eigenvalue weighted by molar-refractivity contribution is 0.102. The molecule has 0 bridgehead atoms. The first-order valence-electron chi connectivity index (χ1n) is 15.3. The number of aromatic nitrogens is 3. The lowest BCUT2D eigenvalue weighted by Gasteiger charge is -2.37. The van der Waals surface area contributed by atoms with E-state index in [1.807, 2.05) is 24.0 Å². The lowest BCUT2D eigenvalue weighted by atomic mass is 10.0. The number of carbonyl (C=O) groups is 1. The van der Waals surface area contributed by atoms with Crippen LogP contribution >= 0.6 is 0 Å². The normalized spacial score (nSPS) is 21.7. The average molecular weight is 587 g/mol. The summed E-state index contributed by atoms with van der Waals surface area (Å²) in [5.74, 6) is 1.15. The third kappa shape index (κ3) is 6.98. The first kappa shape index (κ1) is 29.1. The number of carbonyl (C=O) groups excluding carboxylic acids is 1. The number of phenolic OH excluding ortho intramolecular Hbond substituents is 1. The molecule has 0 radical (unpaired) electrons. The molecule has 1 aromatic heterocycles. The van der Waals surface area contributed by atoms with Gasteiger partial charge in [0.15, 0.2) is 0 Å². The Kier molecular flexibility index (Phi) is 8.59. The summed E-state index contributed by atoms with van der Waals surface area (Å²) in [4.78, 5) is 34.0. The number of likely N-dealkylation sites (tertiary alicyclic amines) is 1. The molecule has 12 heteroatoms. The van der Waals surface area contributed by atoms with Gasteiger partial charge in [-0.25, -0.2) is 0 Å². The second-order valence-corrected chi connectivity index (χ2v) is 12.1. The van der Waals surface area contributed by atoms with Gasteiger partial charge < -0.3 is 41.9 Å². The van der Waals surface area contributed by atoms with E-state index in [0.29, 0.717) is 53.9 Å². The minimum atomic E-state index is -0.297. The van der Waals surface area contributed by atoms with Crippen LogP contribution in [-0.2, 0) is 0 Å². The van der Waals surface area contributed by atoms with Crippen LogP contribution in [0.5, 0.6) is 5.75 Å². The van der Waals surface area contributed by atoms with Gasteiger partial charge in [0.1, 0.15) is 5.75 Å². The van der Waals surface area contributed by atoms with Crippen molar-refractivity contribution in [2.45, 2.75) is 57.2 Å². The molecule has 2 atom stereocenters. The highest BCUT2D eigenvalue weighted by Crippen LogP contribution is 2.30. The molecule has 3 saturated heterocycles. The van der Waals surface area contributed by atoms with Crippen LogP contribution in [0.25, 0.3) is 0 Å². The molecule has 0 saturated carbocycles. The van der Waals surface area contributed by atoms with Gasteiger partial charge in [0.2, 0.25) is 17.8 Å². The fraction of sp³-hybridized carbons (Fsp3) is 0.484. The first-order valence-corrected chi connectivity index (χ1v) is 15.3. The van der Waals surface area contributed by atoms with Gasteiger partial charge in [0.05, 0.1) is 5.69 Å². The topological polar surface area (TPSA) is 162 Å². The van der Waals surface area contributed by atoms with Crippen molar-refractivity contribution in [2.75, 3.05) is 59.7 Å². The summed E-state index contributed by atoms with van der Waals surface area (Å²) in [5.41, 5.74) is 15.1. The maximum absolute atomic E-state index is 12.7. The number of hydrogen-bond acceptors (Lipinski definition) is 11. The Hall–Kier alpha value is -4.00. The van der Waals surface area contributed by atoms with Crippen molar-refractivity contribution in [1.29, 1.82) is 0 Å². The maximum Gasteiger partial charge on any atom is 0.255 e. The predicted octanol–water partition coefficient (Wildman–Crippen LogP) is 2.81. The number of phenols is 1. The maximum atomic E-state index is 12.7. The number of aromatic hydroxyl groups is 1. The monoisotopic (exact) mass is 586 g/mol. The summed E-state index contributed by atoms with van der Waals surface area (Å²) in [5, 5.41) is 16.8. The van der Waals surface area contributed by atoms with Crippen molar-refractivity contribution >= 4 is 35.1 Å². The van der Waals surface area contributed by atoms with Crippen LogP contribution in [0.3, 0.4) is 0 Å². The molecule has 12 nitrogen and oxygen atoms in total. The van der Waals surface area contributed by atoms with Crippen molar-refractivity contribution in [3.05, 3.63) is 53.6 Å². The van der Waals surface area contributed by atoms with Crippen LogP contribution in [0.1, 0.15) is 48.0 Å². The minimum absolute atomic E-state index is 0.0591. The van der Waals surface area contributed by atoms with Gasteiger partial charge in [-0.3, -0.25) is 4.79 Å². The number of nitrogens with zero attached hydrogens (tertiary/aromatic N) is 6. The molecule has 6 rings (SSSR count). The van der Waals surface area contributed by atoms with Crippen LogP contribution in [-0.4, -0.2) is 88.3 Å². The van der Waals surface area contributed by atoms with E-state index in [0.717, 1.165) is 37.9 Å². The second kappa shape index (κ2) is 12.7. The molecular formula is C31H42N10O2. The Morgan fingerprint density at radius 3 is 2.19 bits per heavy atom. The Morgan fingerprint density at radius 2 is 1.53 bits per heavy atom. The van der Waals surface area contributed by atoms with Crippen molar-refractivity contribution in [3.8, 4) is 5.75 Å². The fourth-order valence-electron chi connectivity index (χ4n) is 6.32. The smallest absolute Gasteiger partial charge is 0.255 e. The molecule has 43 heavy (non-hydrogen) atoms. The summed E-state index contributed by atoms with van der Waals surface area (Å²) < 4.78 is 0. The number of anilines is 5. The van der Waals surface area contributed by atoms with Gasteiger partial charge in [-0.1, -0.05) is 17.7 Å². The molecule has 0 aliphatic carbocycles. The standard InChI is InChI=1S/C31H42N10O2/c1-20-4-6-21(7-5-20)28(43)35-26-9-8-24(17-27(26)42)34-29-36-30(38-31(37-29)41-18-22(32)16-23(33)19-41)40-14-10-25(11-15-40)39-12-2-3-13-39/h4-9,17,22-23,25,42H,2-3,10-16,18-19,32-33H2,1H3,(H,35,43)(H,34,36,37,38)/t22-,23+. The highest BCUT2D eigenvalue weighted by atomic mass is 16.3. The second-order valence-electron chi connectivity index (χ2n) is 12.1. The highest BCUT2D eigenvalue weighted by Gasteiger charge is 2.30. The summed E-state index contributed by atoms with van der Waals surface area (Å²) in [7, 11) is 0. The Balaban J connectivity index is 1.20. The van der Waals surface area contributed by atoms with Gasteiger partial charge in [-0.05, 0) is 76.4 Å². The van der Waals surface area contributed by atoms with Crippen LogP contribution in [0.2, 0.25) is 0 Å². The van der Waals surface area contributed by atoms with E-state index in [1.165, 1.54) is 25.9 Å². The number of rotatable bonds is 7. The summed E-state index contributed by atoms with van der Waals surface area (Å²) in [6.07, 6.45) is 5.50. The zero-order valence-corrected chi connectivity index (χ0v) is 24.7. The zero-order chi connectivity index (χ0) is 29.9. The predicted molar refractivity (Wildman–Crippen MR) is 169 cm³/mol. The number of nitrogens with one attached hydrogen (secondary N) is 2. The van der Waals surface area contributed by atoms with Gasteiger partial charge in [-0.15, -0.1) is 0 Å². The SMILES string of the molecule is Cc1ccc(C(=O)Nc2ccc(Nc3nc(N4CCC(N5CCCC5)CC4)nc(N4C[C@H](N)C[C@H](N)C4)n3)cc2O)cc1. The van der Waals surface area contributed by atoms with Crippen LogP contribution in [0.15, 0.2) is 42.5 Å². The molecule has 4 heterocycles. The number of piperidine rings is 2. The van der Waals surface area contributed by atoms with E-state index in [4.69, 9.17) is 26.4 Å². The van der Waals surface area contributed by atoms with E-state index in [2.05, 4.69) is 20.4 Å². The van der Waals surface area contributed by atoms with E-state index in [9.17, 15) is 9.90 Å². The Morgan fingerprint density at radius 1 is 0.884 bits per heavy atom. The highest BCUT2D eigenvalue weighted by molar-refractivity contribution is 6.05. The van der Waals surface area contributed by atoms with E-state index in [-0.39, 0.29) is 23.7 Å². The van der Waals surface area contributed by atoms with Gasteiger partial charge in [0, 0.05) is 61.6 Å². The number of hydrogen-bond donors (Lipinski definition) is 5. The Labute approximate surface area is 252 Å². The summed E-state index contributed by atoms with van der Waals surface area (Å²) >= 11 is 0. The van der Waals surface area contributed by atoms with E-state index >= 15 is 0 Å². The molecule has 3 aromatic rings. The third-order valence-corrected chi connectivity index (χ3v) is 8.63. The number of nitrogens with two attached hydrogens (primary N) is 2. The quantitative estimate of drug-likeness (QED) is 0.259. The number of aryl methyl sites for hydroxylation is 1. The largest absolute Gasteiger partial charge is 0.506 e. The van der Waals surface area contributed by atoms with Crippen molar-refractivity contribution in [1.82, 2.24) is 19.9 Å². The molecule has 1 amide bonds. The van der Waals surface area contributed by atoms with E-state index < -0.39 is 0 Å². The van der Waals surface area contributed by atoms with Crippen molar-refractivity contribution < 1.29 is 9.90 Å². The third-order valence-electron chi connectivity index (χ3n) is 8.63. The number of benzene rings is 2. The Bertz CT molecular complexity index is 1410. The van der Waals surface area contributed by atoms with Gasteiger partial charge in [0.25, 0.3) is 5.91 Å². The van der Waals surface area contributed by atoms with Crippen molar-refractivity contribution in [2.24, 2.45) is 11.5 Å². The molecule has 3 aliphatic rings. The minimum Gasteiger partial charge on any atom is -0.506 e. The van der Waals surface area contributed by atoms with E-state index in [1.54, 1.807) is 30.3 Å². The van der Waals surface area contributed by atoms with Crippen LogP contribution in [0.4, 0.5) is 29.2 Å². The van der Waals surface area contributed by atoms with Crippen LogP contribution in [0, 0.1) is 6.92 Å². The molecule has 0 spiro atoms. The average Bonchev–Trinajstić information content (AvgIpc) is 3.54. The molecule has 3 fully saturated rings. The van der Waals surface area contributed by atoms with Gasteiger partial charge in [-0.2, -0.15) is 15.0 Å². The molecule has 3 aliphatic heterocycles. The molecule has 7 N–H and O–H groups in total. The molecular weight excluding hydrogens is 544 g/mol. The molecule has 2 aromatic carbocycles. The summed E-state index contributed by atoms with van der Waals surface area (Å²) in [6.45, 7) is 7.34. The van der Waals surface area contributed by atoms with Crippen LogP contribution < -0.4 is 31.9 Å². The lowest BCUT2D eigenvalue weighted by Crippen LogP contribution is -2.53. The summed E-state index contributed by atoms with van der Waals surface area (Å²) in [6, 6.07) is 12.7. The van der Waals surface area contributed by atoms with Crippen molar-refractivity contribution in [3.63, 3.8) is 0 Å². The number of amides is 1. The molecule has 228 valence electrons.